The number of hydrogen-bond donors (Lipinski definition) is 1. The number of pyridine rings is 1. The molecule has 0 aromatic carbocycles. The first-order valence-electron chi connectivity index (χ1n) is 6.50. The molecule has 0 aliphatic carbocycles. The van der Waals surface area contributed by atoms with E-state index in [1.165, 1.54) is 0 Å². The molecular weight excluding hydrogens is 240 g/mol. The van der Waals surface area contributed by atoms with Gasteiger partial charge in [-0.15, -0.1) is 10.2 Å². The molecule has 1 fully saturated rings. The van der Waals surface area contributed by atoms with E-state index in [9.17, 15) is 5.11 Å². The molecule has 0 amide bonds. The Morgan fingerprint density at radius 1 is 1.00 bits per heavy atom. The van der Waals surface area contributed by atoms with Gasteiger partial charge in [0.15, 0.2) is 5.82 Å². The van der Waals surface area contributed by atoms with Gasteiger partial charge in [-0.05, 0) is 37.1 Å². The average Bonchev–Trinajstić information content (AvgIpc) is 2.49. The molecule has 5 heteroatoms. The Hall–Kier alpha value is -2.01. The van der Waals surface area contributed by atoms with Crippen molar-refractivity contribution in [3.63, 3.8) is 0 Å². The van der Waals surface area contributed by atoms with Gasteiger partial charge in [0.05, 0.1) is 11.8 Å². The quantitative estimate of drug-likeness (QED) is 0.882. The number of anilines is 1. The first kappa shape index (κ1) is 12.0. The van der Waals surface area contributed by atoms with Gasteiger partial charge in [-0.25, -0.2) is 0 Å². The summed E-state index contributed by atoms with van der Waals surface area (Å²) in [5.41, 5.74) is 1.87. The normalized spacial score (nSPS) is 16.6. The number of nitrogens with zero attached hydrogens (tertiary/aromatic N) is 4. The van der Waals surface area contributed by atoms with E-state index in [1.54, 1.807) is 12.4 Å². The van der Waals surface area contributed by atoms with Gasteiger partial charge < -0.3 is 10.0 Å². The van der Waals surface area contributed by atoms with Crippen molar-refractivity contribution in [3.05, 3.63) is 36.7 Å². The van der Waals surface area contributed by atoms with Crippen LogP contribution in [0.3, 0.4) is 0 Å². The highest BCUT2D eigenvalue weighted by Gasteiger charge is 2.18. The second-order valence-corrected chi connectivity index (χ2v) is 4.73. The predicted molar refractivity (Wildman–Crippen MR) is 72.7 cm³/mol. The topological polar surface area (TPSA) is 62.1 Å². The second-order valence-electron chi connectivity index (χ2n) is 4.73. The van der Waals surface area contributed by atoms with Crippen molar-refractivity contribution in [2.75, 3.05) is 18.0 Å². The monoisotopic (exact) mass is 256 g/mol. The van der Waals surface area contributed by atoms with Gasteiger partial charge >= 0.3 is 0 Å². The summed E-state index contributed by atoms with van der Waals surface area (Å²) in [5, 5.41) is 18.0. The Labute approximate surface area is 111 Å². The fraction of sp³-hybridized carbons (Fsp3) is 0.357. The molecule has 1 N–H and O–H groups in total. The molecule has 19 heavy (non-hydrogen) atoms. The SMILES string of the molecule is OC1CCN(c2ccc(-c3ccncc3)nn2)CC1. The fourth-order valence-corrected chi connectivity index (χ4v) is 2.27. The summed E-state index contributed by atoms with van der Waals surface area (Å²) in [6.07, 6.45) is 4.93. The van der Waals surface area contributed by atoms with Crippen LogP contribution in [-0.4, -0.2) is 39.5 Å². The standard InChI is InChI=1S/C14H16N4O/c19-12-5-9-18(10-6-12)14-2-1-13(16-17-14)11-3-7-15-8-4-11/h1-4,7-8,12,19H,5-6,9-10H2. The van der Waals surface area contributed by atoms with Crippen LogP contribution in [0.2, 0.25) is 0 Å². The lowest BCUT2D eigenvalue weighted by Gasteiger charge is -2.30. The zero-order chi connectivity index (χ0) is 13.1. The maximum Gasteiger partial charge on any atom is 0.151 e. The van der Waals surface area contributed by atoms with Gasteiger partial charge in [-0.3, -0.25) is 4.98 Å². The summed E-state index contributed by atoms with van der Waals surface area (Å²) >= 11 is 0. The minimum absolute atomic E-state index is 0.166. The highest BCUT2D eigenvalue weighted by molar-refractivity contribution is 5.58. The van der Waals surface area contributed by atoms with E-state index >= 15 is 0 Å². The highest BCUT2D eigenvalue weighted by atomic mass is 16.3. The van der Waals surface area contributed by atoms with Crippen molar-refractivity contribution in [2.45, 2.75) is 18.9 Å². The molecule has 2 aromatic heterocycles. The Balaban J connectivity index is 1.76. The third-order valence-electron chi connectivity index (χ3n) is 3.42. The lowest BCUT2D eigenvalue weighted by Crippen LogP contribution is -2.36. The average molecular weight is 256 g/mol. The first-order valence-corrected chi connectivity index (χ1v) is 6.50. The maximum atomic E-state index is 9.50. The predicted octanol–water partition coefficient (Wildman–Crippen LogP) is 1.50. The third kappa shape index (κ3) is 2.71. The number of aromatic nitrogens is 3. The zero-order valence-corrected chi connectivity index (χ0v) is 10.6. The number of aliphatic hydroxyl groups is 1. The van der Waals surface area contributed by atoms with Crippen molar-refractivity contribution < 1.29 is 5.11 Å². The molecule has 1 aliphatic heterocycles. The van der Waals surface area contributed by atoms with Crippen LogP contribution in [0, 0.1) is 0 Å². The van der Waals surface area contributed by atoms with Gasteiger partial charge in [0.25, 0.3) is 0 Å². The molecule has 1 aliphatic rings. The fourth-order valence-electron chi connectivity index (χ4n) is 2.27. The van der Waals surface area contributed by atoms with E-state index < -0.39 is 0 Å². The van der Waals surface area contributed by atoms with Gasteiger partial charge in [-0.2, -0.15) is 0 Å². The van der Waals surface area contributed by atoms with Crippen LogP contribution in [0.1, 0.15) is 12.8 Å². The molecule has 3 heterocycles. The Kier molecular flexibility index (Phi) is 3.37. The summed E-state index contributed by atoms with van der Waals surface area (Å²) < 4.78 is 0. The molecule has 0 unspecified atom stereocenters. The molecule has 98 valence electrons. The third-order valence-corrected chi connectivity index (χ3v) is 3.42. The Morgan fingerprint density at radius 2 is 1.74 bits per heavy atom. The lowest BCUT2D eigenvalue weighted by atomic mass is 10.1. The molecule has 0 saturated carbocycles. The molecule has 5 nitrogen and oxygen atoms in total. The number of piperidine rings is 1. The minimum Gasteiger partial charge on any atom is -0.393 e. The first-order chi connectivity index (χ1) is 9.33. The van der Waals surface area contributed by atoms with Crippen LogP contribution in [0.15, 0.2) is 36.7 Å². The van der Waals surface area contributed by atoms with E-state index in [1.807, 2.05) is 24.3 Å². The Bertz CT molecular complexity index is 521. The van der Waals surface area contributed by atoms with Crippen LogP contribution in [0.5, 0.6) is 0 Å². The lowest BCUT2D eigenvalue weighted by molar-refractivity contribution is 0.145. The van der Waals surface area contributed by atoms with Gasteiger partial charge in [0, 0.05) is 31.0 Å². The number of aliphatic hydroxyl groups excluding tert-OH is 1. The van der Waals surface area contributed by atoms with Gasteiger partial charge in [-0.1, -0.05) is 0 Å². The van der Waals surface area contributed by atoms with Crippen molar-refractivity contribution in [1.29, 1.82) is 0 Å². The second kappa shape index (κ2) is 5.32. The van der Waals surface area contributed by atoms with E-state index in [4.69, 9.17) is 0 Å². The van der Waals surface area contributed by atoms with Gasteiger partial charge in [0.1, 0.15) is 0 Å². The van der Waals surface area contributed by atoms with E-state index in [-0.39, 0.29) is 6.10 Å². The smallest absolute Gasteiger partial charge is 0.151 e. The summed E-state index contributed by atoms with van der Waals surface area (Å²) in [6.45, 7) is 1.68. The van der Waals surface area contributed by atoms with Crippen molar-refractivity contribution >= 4 is 5.82 Å². The van der Waals surface area contributed by atoms with E-state index in [0.29, 0.717) is 0 Å². The van der Waals surface area contributed by atoms with Gasteiger partial charge in [0.2, 0.25) is 0 Å². The molecule has 3 rings (SSSR count). The van der Waals surface area contributed by atoms with Crippen molar-refractivity contribution in [1.82, 2.24) is 15.2 Å². The maximum absolute atomic E-state index is 9.50. The largest absolute Gasteiger partial charge is 0.393 e. The summed E-state index contributed by atoms with van der Waals surface area (Å²) in [5.74, 6) is 0.879. The summed E-state index contributed by atoms with van der Waals surface area (Å²) in [6, 6.07) is 7.80. The molecule has 0 spiro atoms. The molecular formula is C14H16N4O. The molecule has 0 radical (unpaired) electrons. The Morgan fingerprint density at radius 3 is 2.37 bits per heavy atom. The number of hydrogen-bond acceptors (Lipinski definition) is 5. The van der Waals surface area contributed by atoms with E-state index in [2.05, 4.69) is 20.1 Å². The van der Waals surface area contributed by atoms with Crippen LogP contribution >= 0.6 is 0 Å². The zero-order valence-electron chi connectivity index (χ0n) is 10.6. The molecule has 2 aromatic rings. The molecule has 0 bridgehead atoms. The number of rotatable bonds is 2. The summed E-state index contributed by atoms with van der Waals surface area (Å²) in [4.78, 5) is 6.15. The van der Waals surface area contributed by atoms with Crippen LogP contribution in [-0.2, 0) is 0 Å². The van der Waals surface area contributed by atoms with Crippen molar-refractivity contribution in [3.8, 4) is 11.3 Å². The summed E-state index contributed by atoms with van der Waals surface area (Å²) in [7, 11) is 0. The van der Waals surface area contributed by atoms with E-state index in [0.717, 1.165) is 43.0 Å². The highest BCUT2D eigenvalue weighted by Crippen LogP contribution is 2.20. The van der Waals surface area contributed by atoms with Crippen LogP contribution in [0.25, 0.3) is 11.3 Å². The minimum atomic E-state index is -0.166. The molecule has 1 saturated heterocycles. The van der Waals surface area contributed by atoms with Crippen molar-refractivity contribution in [2.24, 2.45) is 0 Å². The van der Waals surface area contributed by atoms with Crippen LogP contribution < -0.4 is 4.90 Å². The molecule has 0 atom stereocenters. The van der Waals surface area contributed by atoms with Crippen LogP contribution in [0.4, 0.5) is 5.82 Å².